The van der Waals surface area contributed by atoms with Gasteiger partial charge in [0.25, 0.3) is 0 Å². The lowest BCUT2D eigenvalue weighted by Gasteiger charge is -2.15. The van der Waals surface area contributed by atoms with Crippen LogP contribution < -0.4 is 5.73 Å². The van der Waals surface area contributed by atoms with Gasteiger partial charge in [-0.25, -0.2) is 9.97 Å². The highest BCUT2D eigenvalue weighted by atomic mass is 79.9. The van der Waals surface area contributed by atoms with Gasteiger partial charge < -0.3 is 5.73 Å². The minimum Gasteiger partial charge on any atom is -0.329 e. The summed E-state index contributed by atoms with van der Waals surface area (Å²) in [6.45, 7) is 2.51. The Balaban J connectivity index is 2.23. The number of nitrogens with two attached hydrogens (primary N) is 1. The number of aryl methyl sites for hydroxylation is 1. The van der Waals surface area contributed by atoms with Gasteiger partial charge in [0.1, 0.15) is 0 Å². The van der Waals surface area contributed by atoms with Crippen LogP contribution in [-0.2, 0) is 0 Å². The van der Waals surface area contributed by atoms with Crippen molar-refractivity contribution in [2.24, 2.45) is 5.73 Å². The van der Waals surface area contributed by atoms with E-state index < -0.39 is 0 Å². The Morgan fingerprint density at radius 1 is 1.33 bits per heavy atom. The molecule has 5 heteroatoms. The molecule has 2 N–H and O–H groups in total. The molecule has 0 saturated carbocycles. The lowest BCUT2D eigenvalue weighted by Crippen LogP contribution is -2.10. The second-order valence-electron chi connectivity index (χ2n) is 3.84. The summed E-state index contributed by atoms with van der Waals surface area (Å²) in [5.74, 6) is 0. The van der Waals surface area contributed by atoms with Gasteiger partial charge in [0, 0.05) is 22.9 Å². The van der Waals surface area contributed by atoms with Crippen molar-refractivity contribution in [3.63, 3.8) is 0 Å². The summed E-state index contributed by atoms with van der Waals surface area (Å²) in [5, 5.41) is 0.920. The first kappa shape index (κ1) is 13.5. The molecule has 0 spiro atoms. The predicted octanol–water partition coefficient (Wildman–Crippen LogP) is 3.34. The topological polar surface area (TPSA) is 51.8 Å². The third-order valence-corrected chi connectivity index (χ3v) is 4.35. The maximum atomic E-state index is 5.86. The molecule has 1 aromatic carbocycles. The monoisotopic (exact) mass is 323 g/mol. The summed E-state index contributed by atoms with van der Waals surface area (Å²) in [5.41, 5.74) is 8.01. The first-order valence-electron chi connectivity index (χ1n) is 5.61. The van der Waals surface area contributed by atoms with Crippen LogP contribution in [0, 0.1) is 6.92 Å². The van der Waals surface area contributed by atoms with Gasteiger partial charge in [-0.2, -0.15) is 0 Å². The lowest BCUT2D eigenvalue weighted by molar-refractivity contribution is 0.893. The fourth-order valence-corrected chi connectivity index (χ4v) is 3.30. The van der Waals surface area contributed by atoms with E-state index in [1.54, 1.807) is 18.0 Å². The molecule has 0 aliphatic heterocycles. The Labute approximate surface area is 119 Å². The van der Waals surface area contributed by atoms with E-state index in [-0.39, 0.29) is 5.25 Å². The molecule has 2 aromatic rings. The van der Waals surface area contributed by atoms with Gasteiger partial charge in [0.05, 0.1) is 5.25 Å². The highest BCUT2D eigenvalue weighted by molar-refractivity contribution is 9.10. The van der Waals surface area contributed by atoms with Crippen molar-refractivity contribution in [2.75, 3.05) is 6.54 Å². The van der Waals surface area contributed by atoms with Crippen LogP contribution in [-0.4, -0.2) is 16.5 Å². The van der Waals surface area contributed by atoms with Crippen LogP contribution in [0.3, 0.4) is 0 Å². The number of hydrogen-bond donors (Lipinski definition) is 1. The van der Waals surface area contributed by atoms with Gasteiger partial charge in [0.2, 0.25) is 0 Å². The Morgan fingerprint density at radius 3 is 2.78 bits per heavy atom. The molecule has 1 aromatic heterocycles. The summed E-state index contributed by atoms with van der Waals surface area (Å²) < 4.78 is 1.07. The van der Waals surface area contributed by atoms with Crippen LogP contribution in [0.15, 0.2) is 46.2 Å². The van der Waals surface area contributed by atoms with E-state index in [1.807, 2.05) is 31.2 Å². The maximum absolute atomic E-state index is 5.86. The molecule has 0 aliphatic rings. The van der Waals surface area contributed by atoms with Crippen molar-refractivity contribution in [3.8, 4) is 0 Å². The summed E-state index contributed by atoms with van der Waals surface area (Å²) in [4.78, 5) is 8.66. The third-order valence-electron chi connectivity index (χ3n) is 2.49. The number of thioether (sulfide) groups is 1. The van der Waals surface area contributed by atoms with Gasteiger partial charge in [-0.1, -0.05) is 45.9 Å². The van der Waals surface area contributed by atoms with Crippen molar-refractivity contribution >= 4 is 27.7 Å². The molecule has 94 valence electrons. The van der Waals surface area contributed by atoms with Crippen molar-refractivity contribution < 1.29 is 0 Å². The van der Waals surface area contributed by atoms with Gasteiger partial charge in [-0.15, -0.1) is 0 Å². The molecule has 0 radical (unpaired) electrons. The second kappa shape index (κ2) is 6.31. The Bertz CT molecular complexity index is 533. The normalized spacial score (nSPS) is 12.4. The van der Waals surface area contributed by atoms with E-state index in [4.69, 9.17) is 5.73 Å². The number of hydrogen-bond acceptors (Lipinski definition) is 4. The van der Waals surface area contributed by atoms with E-state index in [0.717, 1.165) is 15.3 Å². The lowest BCUT2D eigenvalue weighted by atomic mass is 10.1. The SMILES string of the molecule is Cc1ccnc(SC(CN)c2ccccc2Br)n1. The molecule has 0 saturated heterocycles. The van der Waals surface area contributed by atoms with E-state index >= 15 is 0 Å². The standard InChI is InChI=1S/C13H14BrN3S/c1-9-6-7-16-13(17-9)18-12(8-15)10-4-2-3-5-11(10)14/h2-7,12H,8,15H2,1H3. The van der Waals surface area contributed by atoms with Crippen LogP contribution in [0.2, 0.25) is 0 Å². The predicted molar refractivity (Wildman–Crippen MR) is 78.6 cm³/mol. The number of aromatic nitrogens is 2. The van der Waals surface area contributed by atoms with Gasteiger partial charge >= 0.3 is 0 Å². The van der Waals surface area contributed by atoms with Crippen molar-refractivity contribution in [1.29, 1.82) is 0 Å². The first-order chi connectivity index (χ1) is 8.70. The number of halogens is 1. The molecule has 3 nitrogen and oxygen atoms in total. The quantitative estimate of drug-likeness (QED) is 0.692. The molecule has 0 bridgehead atoms. The van der Waals surface area contributed by atoms with Crippen LogP contribution in [0.1, 0.15) is 16.5 Å². The summed E-state index contributed by atoms with van der Waals surface area (Å²) in [6, 6.07) is 10.00. The largest absolute Gasteiger partial charge is 0.329 e. The first-order valence-corrected chi connectivity index (χ1v) is 7.29. The van der Waals surface area contributed by atoms with Crippen molar-refractivity contribution in [1.82, 2.24) is 9.97 Å². The molecular weight excluding hydrogens is 310 g/mol. The molecule has 18 heavy (non-hydrogen) atoms. The molecule has 2 rings (SSSR count). The molecule has 0 amide bonds. The zero-order chi connectivity index (χ0) is 13.0. The van der Waals surface area contributed by atoms with Gasteiger partial charge in [0.15, 0.2) is 5.16 Å². The summed E-state index contributed by atoms with van der Waals surface area (Å²) in [6.07, 6.45) is 1.78. The average molecular weight is 324 g/mol. The van der Waals surface area contributed by atoms with Crippen LogP contribution in [0.4, 0.5) is 0 Å². The molecule has 1 atom stereocenters. The Hall–Kier alpha value is -0.910. The van der Waals surface area contributed by atoms with E-state index in [0.29, 0.717) is 6.54 Å². The van der Waals surface area contributed by atoms with Crippen LogP contribution in [0.25, 0.3) is 0 Å². The molecular formula is C13H14BrN3S. The maximum Gasteiger partial charge on any atom is 0.188 e. The fraction of sp³-hybridized carbons (Fsp3) is 0.231. The summed E-state index contributed by atoms with van der Waals surface area (Å²) >= 11 is 5.15. The van der Waals surface area contributed by atoms with Crippen LogP contribution in [0.5, 0.6) is 0 Å². The van der Waals surface area contributed by atoms with Crippen molar-refractivity contribution in [2.45, 2.75) is 17.3 Å². The molecule has 0 aliphatic carbocycles. The van der Waals surface area contributed by atoms with E-state index in [2.05, 4.69) is 32.0 Å². The number of rotatable bonds is 4. The molecule has 0 fully saturated rings. The van der Waals surface area contributed by atoms with Crippen LogP contribution >= 0.6 is 27.7 Å². The fourth-order valence-electron chi connectivity index (χ4n) is 1.58. The summed E-state index contributed by atoms with van der Waals surface area (Å²) in [7, 11) is 0. The number of benzene rings is 1. The van der Waals surface area contributed by atoms with E-state index in [9.17, 15) is 0 Å². The minimum absolute atomic E-state index is 0.155. The zero-order valence-corrected chi connectivity index (χ0v) is 12.4. The third kappa shape index (κ3) is 3.31. The zero-order valence-electron chi connectivity index (χ0n) is 10.0. The highest BCUT2D eigenvalue weighted by Crippen LogP contribution is 2.35. The highest BCUT2D eigenvalue weighted by Gasteiger charge is 2.15. The number of nitrogens with zero attached hydrogens (tertiary/aromatic N) is 2. The Kier molecular flexibility index (Phi) is 4.74. The molecule has 1 unspecified atom stereocenters. The smallest absolute Gasteiger partial charge is 0.188 e. The van der Waals surface area contributed by atoms with Gasteiger partial charge in [-0.3, -0.25) is 0 Å². The molecule has 1 heterocycles. The second-order valence-corrected chi connectivity index (χ2v) is 5.87. The minimum atomic E-state index is 0.155. The average Bonchev–Trinajstić information content (AvgIpc) is 2.37. The Morgan fingerprint density at radius 2 is 2.11 bits per heavy atom. The van der Waals surface area contributed by atoms with Gasteiger partial charge in [-0.05, 0) is 24.6 Å². The van der Waals surface area contributed by atoms with Crippen molar-refractivity contribution in [3.05, 3.63) is 52.3 Å². The van der Waals surface area contributed by atoms with E-state index in [1.165, 1.54) is 5.56 Å².